The van der Waals surface area contributed by atoms with Gasteiger partial charge in [-0.3, -0.25) is 14.4 Å². The van der Waals surface area contributed by atoms with Gasteiger partial charge in [-0.25, -0.2) is 0 Å². The second kappa shape index (κ2) is 65.8. The Morgan fingerprint density at radius 2 is 0.506 bits per heavy atom. The molecule has 0 saturated carbocycles. The Morgan fingerprint density at radius 1 is 0.266 bits per heavy atom. The minimum atomic E-state index is -0.799. The average Bonchev–Trinajstić information content (AvgIpc) is 3.45. The molecule has 0 aromatic heterocycles. The predicted octanol–water partition coefficient (Wildman–Crippen LogP) is 22.3. The summed E-state index contributed by atoms with van der Waals surface area (Å²) in [5, 5.41) is 0. The number of hydrogen-bond donors (Lipinski definition) is 0. The molecule has 0 radical (unpaired) electrons. The van der Waals surface area contributed by atoms with Crippen LogP contribution < -0.4 is 0 Å². The fourth-order valence-corrected chi connectivity index (χ4v) is 8.49. The van der Waals surface area contributed by atoms with Crippen molar-refractivity contribution in [2.75, 3.05) is 13.2 Å². The van der Waals surface area contributed by atoms with Crippen molar-refractivity contribution in [1.82, 2.24) is 0 Å². The van der Waals surface area contributed by atoms with E-state index in [2.05, 4.69) is 167 Å². The highest BCUT2D eigenvalue weighted by Crippen LogP contribution is 2.15. The lowest BCUT2D eigenvalue weighted by Gasteiger charge is -2.18. The quantitative estimate of drug-likeness (QED) is 0.0261. The minimum absolute atomic E-state index is 0.0936. The van der Waals surface area contributed by atoms with Crippen molar-refractivity contribution < 1.29 is 28.6 Å². The normalized spacial score (nSPS) is 13.1. The third kappa shape index (κ3) is 64.0. The fraction of sp³-hybridized carbons (Fsp3) is 0.630. The number of unbranched alkanes of at least 4 members (excludes halogenated alkanes) is 22. The van der Waals surface area contributed by atoms with E-state index in [-0.39, 0.29) is 31.1 Å². The van der Waals surface area contributed by atoms with Crippen LogP contribution in [0.5, 0.6) is 0 Å². The average molecular weight is 1090 g/mol. The van der Waals surface area contributed by atoms with Gasteiger partial charge in [0.2, 0.25) is 0 Å². The molecule has 79 heavy (non-hydrogen) atoms. The van der Waals surface area contributed by atoms with Gasteiger partial charge in [0.15, 0.2) is 6.10 Å². The molecule has 6 nitrogen and oxygen atoms in total. The van der Waals surface area contributed by atoms with Crippen LogP contribution >= 0.6 is 0 Å². The molecule has 446 valence electrons. The number of esters is 3. The molecule has 6 heteroatoms. The largest absolute Gasteiger partial charge is 0.462 e. The molecule has 1 unspecified atom stereocenters. The van der Waals surface area contributed by atoms with E-state index in [1.54, 1.807) is 0 Å². The summed E-state index contributed by atoms with van der Waals surface area (Å²) in [7, 11) is 0. The third-order valence-electron chi connectivity index (χ3n) is 13.3. The number of rotatable bonds is 57. The Labute approximate surface area is 487 Å². The van der Waals surface area contributed by atoms with Crippen LogP contribution in [0.1, 0.15) is 278 Å². The first kappa shape index (κ1) is 74.3. The van der Waals surface area contributed by atoms with Crippen LogP contribution in [0.15, 0.2) is 146 Å². The highest BCUT2D eigenvalue weighted by molar-refractivity contribution is 5.71. The molecule has 0 aliphatic heterocycles. The van der Waals surface area contributed by atoms with E-state index in [0.29, 0.717) is 19.3 Å². The summed E-state index contributed by atoms with van der Waals surface area (Å²) in [6.45, 7) is 6.45. The van der Waals surface area contributed by atoms with Crippen molar-refractivity contribution >= 4 is 17.9 Å². The molecule has 0 rings (SSSR count). The molecule has 0 N–H and O–H groups in total. The summed E-state index contributed by atoms with van der Waals surface area (Å²) in [5.74, 6) is -0.935. The van der Waals surface area contributed by atoms with Gasteiger partial charge in [0.25, 0.3) is 0 Å². The van der Waals surface area contributed by atoms with Gasteiger partial charge in [-0.15, -0.1) is 0 Å². The van der Waals surface area contributed by atoms with Gasteiger partial charge >= 0.3 is 17.9 Å². The number of hydrogen-bond acceptors (Lipinski definition) is 6. The van der Waals surface area contributed by atoms with E-state index >= 15 is 0 Å². The highest BCUT2D eigenvalue weighted by Gasteiger charge is 2.19. The topological polar surface area (TPSA) is 78.9 Å². The second-order valence-corrected chi connectivity index (χ2v) is 20.9. The summed E-state index contributed by atoms with van der Waals surface area (Å²) in [6, 6.07) is 0. The molecule has 0 spiro atoms. The lowest BCUT2D eigenvalue weighted by Crippen LogP contribution is -2.30. The van der Waals surface area contributed by atoms with Crippen molar-refractivity contribution in [3.8, 4) is 0 Å². The van der Waals surface area contributed by atoms with Gasteiger partial charge in [-0.1, -0.05) is 282 Å². The summed E-state index contributed by atoms with van der Waals surface area (Å²) < 4.78 is 16.8. The molecule has 0 amide bonds. The van der Waals surface area contributed by atoms with E-state index in [1.807, 2.05) is 0 Å². The minimum Gasteiger partial charge on any atom is -0.462 e. The molecule has 0 bridgehead atoms. The molecule has 0 aliphatic carbocycles. The smallest absolute Gasteiger partial charge is 0.306 e. The van der Waals surface area contributed by atoms with Crippen LogP contribution in [-0.4, -0.2) is 37.2 Å². The summed E-state index contributed by atoms with van der Waals surface area (Å²) in [6.07, 6.45) is 94.3. The lowest BCUT2D eigenvalue weighted by molar-refractivity contribution is -0.167. The Bertz CT molecular complexity index is 1730. The summed E-state index contributed by atoms with van der Waals surface area (Å²) in [5.41, 5.74) is 0. The van der Waals surface area contributed by atoms with Crippen LogP contribution in [0.25, 0.3) is 0 Å². The zero-order valence-corrected chi connectivity index (χ0v) is 51.1. The van der Waals surface area contributed by atoms with E-state index in [9.17, 15) is 14.4 Å². The maximum atomic E-state index is 12.9. The van der Waals surface area contributed by atoms with E-state index in [0.717, 1.165) is 161 Å². The second-order valence-electron chi connectivity index (χ2n) is 20.9. The maximum absolute atomic E-state index is 12.9. The number of carbonyl (C=O) groups is 3. The van der Waals surface area contributed by atoms with Gasteiger partial charge in [-0.05, 0) is 122 Å². The molecule has 0 aliphatic rings. The SMILES string of the molecule is CC/C=C\C/C=C\C/C=C\C/C=C\C/C=C\C/C=C\C/C=C\C/C=C\C/C=C\C/C=C\CCCCCCC(=O)OCC(COC(=O)CCCCCCCCCCCCCC)OC(=O)CCCCCCC/C=C\C/C=C\CCCC. The standard InChI is InChI=1S/C73H118O6/c1-4-7-10-13-16-19-22-25-27-28-29-30-31-32-33-34-35-36-37-38-39-40-41-42-43-44-45-46-47-49-51-54-57-60-63-66-72(75)78-69-70(68-77-71(74)65-62-59-56-53-50-24-21-18-15-12-9-6-3)79-73(76)67-64-61-58-55-52-48-26-23-20-17-14-11-8-5-2/h7,10,14,16-17,19,23,25-27,29-30,32-33,35-36,38-39,41-42,44-45,47,49,70H,4-6,8-9,11-13,15,18,20-22,24,28,31,34,37,40,43,46,48,50-69H2,1-3H3/b10-7-,17-14-,19-16-,26-23-,27-25-,30-29-,33-32-,36-35-,39-38-,42-41-,45-44-,49-47-. The van der Waals surface area contributed by atoms with E-state index < -0.39 is 6.10 Å². The summed E-state index contributed by atoms with van der Waals surface area (Å²) in [4.78, 5) is 38.2. The van der Waals surface area contributed by atoms with Crippen LogP contribution in [0.2, 0.25) is 0 Å². The summed E-state index contributed by atoms with van der Waals surface area (Å²) >= 11 is 0. The van der Waals surface area contributed by atoms with Crippen molar-refractivity contribution in [2.24, 2.45) is 0 Å². The van der Waals surface area contributed by atoms with Gasteiger partial charge in [-0.2, -0.15) is 0 Å². The van der Waals surface area contributed by atoms with Crippen LogP contribution in [0.3, 0.4) is 0 Å². The van der Waals surface area contributed by atoms with Crippen molar-refractivity contribution in [2.45, 2.75) is 284 Å². The van der Waals surface area contributed by atoms with E-state index in [1.165, 1.54) is 77.0 Å². The van der Waals surface area contributed by atoms with Crippen LogP contribution in [-0.2, 0) is 28.6 Å². The Morgan fingerprint density at radius 3 is 0.810 bits per heavy atom. The monoisotopic (exact) mass is 1090 g/mol. The third-order valence-corrected chi connectivity index (χ3v) is 13.3. The zero-order valence-electron chi connectivity index (χ0n) is 51.1. The Hall–Kier alpha value is -4.71. The van der Waals surface area contributed by atoms with Crippen molar-refractivity contribution in [3.05, 3.63) is 146 Å². The molecule has 0 aromatic carbocycles. The number of allylic oxidation sites excluding steroid dienone is 24. The van der Waals surface area contributed by atoms with Crippen LogP contribution in [0, 0.1) is 0 Å². The number of carbonyl (C=O) groups excluding carboxylic acids is 3. The first-order chi connectivity index (χ1) is 39.0. The van der Waals surface area contributed by atoms with Gasteiger partial charge in [0, 0.05) is 19.3 Å². The molecule has 0 heterocycles. The van der Waals surface area contributed by atoms with Gasteiger partial charge < -0.3 is 14.2 Å². The zero-order chi connectivity index (χ0) is 57.1. The highest BCUT2D eigenvalue weighted by atomic mass is 16.6. The molecule has 0 saturated heterocycles. The van der Waals surface area contributed by atoms with Gasteiger partial charge in [0.05, 0.1) is 0 Å². The molecule has 0 aromatic rings. The number of ether oxygens (including phenoxy) is 3. The Kier molecular flexibility index (Phi) is 61.9. The predicted molar refractivity (Wildman–Crippen MR) is 343 cm³/mol. The molecule has 1 atom stereocenters. The fourth-order valence-electron chi connectivity index (χ4n) is 8.49. The van der Waals surface area contributed by atoms with Crippen molar-refractivity contribution in [3.63, 3.8) is 0 Å². The first-order valence-corrected chi connectivity index (χ1v) is 32.3. The van der Waals surface area contributed by atoms with Gasteiger partial charge in [0.1, 0.15) is 13.2 Å². The first-order valence-electron chi connectivity index (χ1n) is 32.3. The molecule has 0 fully saturated rings. The molecular weight excluding hydrogens is 973 g/mol. The van der Waals surface area contributed by atoms with E-state index in [4.69, 9.17) is 14.2 Å². The lowest BCUT2D eigenvalue weighted by atomic mass is 10.0. The maximum Gasteiger partial charge on any atom is 0.306 e. The Balaban J connectivity index is 4.30. The van der Waals surface area contributed by atoms with Crippen molar-refractivity contribution in [1.29, 1.82) is 0 Å². The molecular formula is C73H118O6. The van der Waals surface area contributed by atoms with Crippen LogP contribution in [0.4, 0.5) is 0 Å².